The van der Waals surface area contributed by atoms with Crippen molar-refractivity contribution >= 4 is 17.7 Å². The van der Waals surface area contributed by atoms with Crippen LogP contribution in [0.4, 0.5) is 0 Å². The Bertz CT molecular complexity index is 415. The summed E-state index contributed by atoms with van der Waals surface area (Å²) in [6, 6.07) is 6.69. The van der Waals surface area contributed by atoms with E-state index in [0.29, 0.717) is 5.25 Å². The van der Waals surface area contributed by atoms with Crippen molar-refractivity contribution in [2.75, 3.05) is 0 Å². The second kappa shape index (κ2) is 5.58. The number of carboxylic acid groups (broad SMARTS) is 1. The molecule has 92 valence electrons. The molecule has 1 aliphatic carbocycles. The van der Waals surface area contributed by atoms with E-state index in [1.165, 1.54) is 35.3 Å². The van der Waals surface area contributed by atoms with Crippen molar-refractivity contribution in [2.45, 2.75) is 49.2 Å². The number of thioether (sulfide) groups is 1. The van der Waals surface area contributed by atoms with Crippen LogP contribution in [-0.2, 0) is 17.6 Å². The van der Waals surface area contributed by atoms with E-state index in [2.05, 4.69) is 25.1 Å². The summed E-state index contributed by atoms with van der Waals surface area (Å²) >= 11 is 1.79. The van der Waals surface area contributed by atoms with Gasteiger partial charge in [0.05, 0.1) is 0 Å². The maximum absolute atomic E-state index is 10.5. The van der Waals surface area contributed by atoms with Crippen LogP contribution in [0.2, 0.25) is 0 Å². The molecule has 0 fully saturated rings. The Balaban J connectivity index is 1.92. The van der Waals surface area contributed by atoms with E-state index in [-0.39, 0.29) is 6.42 Å². The molecule has 1 N–H and O–H groups in total. The summed E-state index contributed by atoms with van der Waals surface area (Å²) in [5, 5.41) is 9.01. The molecule has 2 nitrogen and oxygen atoms in total. The van der Waals surface area contributed by atoms with Gasteiger partial charge in [-0.2, -0.15) is 0 Å². The number of carboxylic acids is 1. The van der Waals surface area contributed by atoms with Gasteiger partial charge in [0.1, 0.15) is 0 Å². The SMILES string of the molecule is CC(CCC(=O)O)Sc1ccc2c(c1)CCC2. The third kappa shape index (κ3) is 3.50. The highest BCUT2D eigenvalue weighted by atomic mass is 32.2. The van der Waals surface area contributed by atoms with Gasteiger partial charge in [0, 0.05) is 16.6 Å². The van der Waals surface area contributed by atoms with E-state index in [1.54, 1.807) is 11.8 Å². The van der Waals surface area contributed by atoms with Crippen LogP contribution >= 0.6 is 11.8 Å². The Morgan fingerprint density at radius 1 is 1.41 bits per heavy atom. The highest BCUT2D eigenvalue weighted by molar-refractivity contribution is 7.99. The summed E-state index contributed by atoms with van der Waals surface area (Å²) in [4.78, 5) is 11.8. The zero-order valence-corrected chi connectivity index (χ0v) is 10.9. The fraction of sp³-hybridized carbons (Fsp3) is 0.500. The highest BCUT2D eigenvalue weighted by Crippen LogP contribution is 2.30. The van der Waals surface area contributed by atoms with Gasteiger partial charge in [0.25, 0.3) is 0 Å². The average Bonchev–Trinajstić information content (AvgIpc) is 2.73. The van der Waals surface area contributed by atoms with Crippen molar-refractivity contribution in [3.05, 3.63) is 29.3 Å². The molecule has 0 aliphatic heterocycles. The van der Waals surface area contributed by atoms with Crippen molar-refractivity contribution < 1.29 is 9.90 Å². The number of hydrogen-bond acceptors (Lipinski definition) is 2. The molecule has 0 bridgehead atoms. The van der Waals surface area contributed by atoms with Crippen molar-refractivity contribution in [1.82, 2.24) is 0 Å². The topological polar surface area (TPSA) is 37.3 Å². The molecule has 1 aliphatic rings. The summed E-state index contributed by atoms with van der Waals surface area (Å²) in [6.45, 7) is 2.10. The third-order valence-corrected chi connectivity index (χ3v) is 4.34. The Morgan fingerprint density at radius 2 is 2.18 bits per heavy atom. The molecule has 1 aromatic carbocycles. The first-order chi connectivity index (χ1) is 8.15. The number of hydrogen-bond donors (Lipinski definition) is 1. The first-order valence-electron chi connectivity index (χ1n) is 6.15. The van der Waals surface area contributed by atoms with E-state index >= 15 is 0 Å². The first kappa shape index (κ1) is 12.5. The number of fused-ring (bicyclic) bond motifs is 1. The molecule has 0 heterocycles. The van der Waals surface area contributed by atoms with E-state index in [9.17, 15) is 4.79 Å². The van der Waals surface area contributed by atoms with Crippen LogP contribution in [0.15, 0.2) is 23.1 Å². The summed E-state index contributed by atoms with van der Waals surface area (Å²) in [5.74, 6) is -0.702. The molecule has 0 radical (unpaired) electrons. The predicted octanol–water partition coefficient (Wildman–Crippen LogP) is 3.52. The summed E-state index contributed by atoms with van der Waals surface area (Å²) in [5.41, 5.74) is 2.98. The number of aryl methyl sites for hydroxylation is 2. The molecule has 0 amide bonds. The van der Waals surface area contributed by atoms with Gasteiger partial charge in [-0.25, -0.2) is 0 Å². The highest BCUT2D eigenvalue weighted by Gasteiger charge is 2.12. The molecule has 1 aromatic rings. The fourth-order valence-corrected chi connectivity index (χ4v) is 3.30. The molecule has 3 heteroatoms. The number of benzene rings is 1. The molecule has 0 aromatic heterocycles. The van der Waals surface area contributed by atoms with E-state index in [0.717, 1.165) is 6.42 Å². The standard InChI is InChI=1S/C14H18O2S/c1-10(5-8-14(15)16)17-13-7-6-11-3-2-4-12(11)9-13/h6-7,9-10H,2-5,8H2,1H3,(H,15,16). The van der Waals surface area contributed by atoms with Crippen molar-refractivity contribution in [2.24, 2.45) is 0 Å². The van der Waals surface area contributed by atoms with Gasteiger partial charge in [-0.05, 0) is 48.9 Å². The maximum atomic E-state index is 10.5. The van der Waals surface area contributed by atoms with Crippen LogP contribution < -0.4 is 0 Å². The minimum absolute atomic E-state index is 0.263. The van der Waals surface area contributed by atoms with Crippen LogP contribution in [0.3, 0.4) is 0 Å². The fourth-order valence-electron chi connectivity index (χ4n) is 2.24. The lowest BCUT2D eigenvalue weighted by Crippen LogP contribution is -2.02. The van der Waals surface area contributed by atoms with Gasteiger partial charge in [-0.1, -0.05) is 13.0 Å². The molecular weight excluding hydrogens is 232 g/mol. The van der Waals surface area contributed by atoms with Crippen molar-refractivity contribution in [1.29, 1.82) is 0 Å². The first-order valence-corrected chi connectivity index (χ1v) is 7.03. The van der Waals surface area contributed by atoms with Gasteiger partial charge >= 0.3 is 5.97 Å². The van der Waals surface area contributed by atoms with Gasteiger partial charge in [-0.3, -0.25) is 4.79 Å². The van der Waals surface area contributed by atoms with E-state index in [1.807, 2.05) is 0 Å². The Morgan fingerprint density at radius 3 is 2.94 bits per heavy atom. The Hall–Kier alpha value is -0.960. The molecule has 0 spiro atoms. The van der Waals surface area contributed by atoms with E-state index in [4.69, 9.17) is 5.11 Å². The lowest BCUT2D eigenvalue weighted by molar-refractivity contribution is -0.137. The Labute approximate surface area is 106 Å². The number of rotatable bonds is 5. The zero-order valence-electron chi connectivity index (χ0n) is 10.1. The normalized spacial score (nSPS) is 15.6. The van der Waals surface area contributed by atoms with Crippen molar-refractivity contribution in [3.63, 3.8) is 0 Å². The number of carbonyl (C=O) groups is 1. The largest absolute Gasteiger partial charge is 0.481 e. The third-order valence-electron chi connectivity index (χ3n) is 3.17. The van der Waals surface area contributed by atoms with Crippen LogP contribution in [-0.4, -0.2) is 16.3 Å². The summed E-state index contributed by atoms with van der Waals surface area (Å²) in [7, 11) is 0. The van der Waals surface area contributed by atoms with Crippen LogP contribution in [0.25, 0.3) is 0 Å². The van der Waals surface area contributed by atoms with Gasteiger partial charge < -0.3 is 5.11 Å². The van der Waals surface area contributed by atoms with E-state index < -0.39 is 5.97 Å². The van der Waals surface area contributed by atoms with Crippen LogP contribution in [0.5, 0.6) is 0 Å². The average molecular weight is 250 g/mol. The van der Waals surface area contributed by atoms with Gasteiger partial charge in [-0.15, -0.1) is 11.8 Å². The van der Waals surface area contributed by atoms with Crippen molar-refractivity contribution in [3.8, 4) is 0 Å². The molecule has 17 heavy (non-hydrogen) atoms. The van der Waals surface area contributed by atoms with Crippen LogP contribution in [0, 0.1) is 0 Å². The summed E-state index contributed by atoms with van der Waals surface area (Å²) in [6.07, 6.45) is 4.69. The second-order valence-corrected chi connectivity index (χ2v) is 6.16. The minimum atomic E-state index is -0.702. The monoisotopic (exact) mass is 250 g/mol. The summed E-state index contributed by atoms with van der Waals surface area (Å²) < 4.78 is 0. The van der Waals surface area contributed by atoms with Crippen LogP contribution in [0.1, 0.15) is 37.3 Å². The molecule has 0 saturated carbocycles. The molecule has 0 saturated heterocycles. The lowest BCUT2D eigenvalue weighted by atomic mass is 10.1. The lowest BCUT2D eigenvalue weighted by Gasteiger charge is -2.10. The quantitative estimate of drug-likeness (QED) is 0.812. The molecule has 1 unspecified atom stereocenters. The Kier molecular flexibility index (Phi) is 4.11. The van der Waals surface area contributed by atoms with Gasteiger partial charge in [0.2, 0.25) is 0 Å². The van der Waals surface area contributed by atoms with Gasteiger partial charge in [0.15, 0.2) is 0 Å². The number of aliphatic carboxylic acids is 1. The molecule has 1 atom stereocenters. The zero-order chi connectivity index (χ0) is 12.3. The molecule has 2 rings (SSSR count). The smallest absolute Gasteiger partial charge is 0.303 e. The maximum Gasteiger partial charge on any atom is 0.303 e. The predicted molar refractivity (Wildman–Crippen MR) is 70.7 cm³/mol. The molecular formula is C14H18O2S. The minimum Gasteiger partial charge on any atom is -0.481 e. The second-order valence-electron chi connectivity index (χ2n) is 4.64.